The molecule has 1 saturated heterocycles. The third-order valence-corrected chi connectivity index (χ3v) is 6.87. The lowest BCUT2D eigenvalue weighted by atomic mass is 9.98. The van der Waals surface area contributed by atoms with Gasteiger partial charge >= 0.3 is 0 Å². The fourth-order valence-corrected chi connectivity index (χ4v) is 4.52. The van der Waals surface area contributed by atoms with Crippen molar-refractivity contribution in [2.24, 2.45) is 5.92 Å². The molecule has 1 saturated carbocycles. The molecule has 3 aromatic rings. The highest BCUT2D eigenvalue weighted by molar-refractivity contribution is 5.94. The number of anilines is 2. The lowest BCUT2D eigenvalue weighted by Gasteiger charge is -2.41. The van der Waals surface area contributed by atoms with Gasteiger partial charge in [0.15, 0.2) is 11.6 Å². The van der Waals surface area contributed by atoms with E-state index in [4.69, 9.17) is 4.74 Å². The predicted octanol–water partition coefficient (Wildman–Crippen LogP) is 5.63. The third-order valence-electron chi connectivity index (χ3n) is 6.87. The second-order valence-corrected chi connectivity index (χ2v) is 10.8. The van der Waals surface area contributed by atoms with Crippen LogP contribution < -0.4 is 15.4 Å². The maximum Gasteiger partial charge on any atom is 0.228 e. The van der Waals surface area contributed by atoms with Crippen LogP contribution in [0.3, 0.4) is 0 Å². The number of pyridine rings is 1. The Morgan fingerprint density at radius 2 is 1.87 bits per heavy atom. The summed E-state index contributed by atoms with van der Waals surface area (Å²) in [4.78, 5) is 27.7. The van der Waals surface area contributed by atoms with Crippen LogP contribution in [0.4, 0.5) is 20.4 Å². The Kier molecular flexibility index (Phi) is 7.25. The van der Waals surface area contributed by atoms with Gasteiger partial charge in [-0.25, -0.2) is 19.3 Å². The van der Waals surface area contributed by atoms with Gasteiger partial charge < -0.3 is 15.4 Å². The highest BCUT2D eigenvalue weighted by Gasteiger charge is 2.31. The second kappa shape index (κ2) is 10.6. The lowest BCUT2D eigenvalue weighted by molar-refractivity contribution is -0.117. The van der Waals surface area contributed by atoms with Gasteiger partial charge in [0.2, 0.25) is 23.6 Å². The quantitative estimate of drug-likeness (QED) is 0.415. The Balaban J connectivity index is 1.34. The Morgan fingerprint density at radius 3 is 2.63 bits per heavy atom. The van der Waals surface area contributed by atoms with E-state index >= 15 is 0 Å². The Labute approximate surface area is 220 Å². The molecule has 2 aromatic heterocycles. The molecule has 1 atom stereocenters. The number of likely N-dealkylation sites (tertiary alicyclic amines) is 1. The van der Waals surface area contributed by atoms with Crippen molar-refractivity contribution >= 4 is 17.5 Å². The van der Waals surface area contributed by atoms with Gasteiger partial charge in [0.05, 0.1) is 16.9 Å². The second-order valence-electron chi connectivity index (χ2n) is 10.8. The Hall–Kier alpha value is -3.66. The number of piperidine rings is 1. The maximum atomic E-state index is 14.9. The molecule has 1 aliphatic heterocycles. The first-order valence-electron chi connectivity index (χ1n) is 13.0. The molecule has 1 unspecified atom stereocenters. The normalized spacial score (nSPS) is 18.2. The van der Waals surface area contributed by atoms with Gasteiger partial charge in [-0.15, -0.1) is 0 Å². The molecule has 10 heteroatoms. The summed E-state index contributed by atoms with van der Waals surface area (Å²) in [5.74, 6) is -2.62. The molecule has 1 amide bonds. The van der Waals surface area contributed by atoms with Gasteiger partial charge in [0, 0.05) is 36.4 Å². The van der Waals surface area contributed by atoms with Crippen molar-refractivity contribution in [1.29, 1.82) is 0 Å². The first-order chi connectivity index (χ1) is 18.2. The Morgan fingerprint density at radius 1 is 1.05 bits per heavy atom. The van der Waals surface area contributed by atoms with Crippen molar-refractivity contribution in [3.63, 3.8) is 0 Å². The van der Waals surface area contributed by atoms with Gasteiger partial charge in [-0.3, -0.25) is 9.69 Å². The van der Waals surface area contributed by atoms with Crippen molar-refractivity contribution < 1.29 is 18.3 Å². The first-order valence-corrected chi connectivity index (χ1v) is 13.0. The molecular formula is C28H32F2N6O2. The van der Waals surface area contributed by atoms with Crippen LogP contribution in [0, 0.1) is 17.6 Å². The fourth-order valence-electron chi connectivity index (χ4n) is 4.52. The van der Waals surface area contributed by atoms with Crippen molar-refractivity contribution in [3.05, 3.63) is 54.4 Å². The zero-order chi connectivity index (χ0) is 26.9. The molecule has 0 spiro atoms. The number of halogens is 2. The van der Waals surface area contributed by atoms with E-state index in [0.29, 0.717) is 17.2 Å². The first kappa shape index (κ1) is 26.0. The molecule has 200 valence electrons. The number of benzene rings is 1. The number of hydrogen-bond acceptors (Lipinski definition) is 7. The number of aromatic nitrogens is 3. The summed E-state index contributed by atoms with van der Waals surface area (Å²) in [5, 5.41) is 5.88. The smallest absolute Gasteiger partial charge is 0.228 e. The molecule has 0 radical (unpaired) electrons. The average molecular weight is 523 g/mol. The summed E-state index contributed by atoms with van der Waals surface area (Å²) in [7, 11) is 0. The van der Waals surface area contributed by atoms with Crippen molar-refractivity contribution in [2.75, 3.05) is 23.7 Å². The number of nitrogens with one attached hydrogen (secondary N) is 2. The van der Waals surface area contributed by atoms with Crippen LogP contribution in [0.1, 0.15) is 46.5 Å². The summed E-state index contributed by atoms with van der Waals surface area (Å²) < 4.78 is 35.3. The monoisotopic (exact) mass is 522 g/mol. The van der Waals surface area contributed by atoms with E-state index in [9.17, 15) is 13.6 Å². The van der Waals surface area contributed by atoms with Gasteiger partial charge in [0.1, 0.15) is 0 Å². The van der Waals surface area contributed by atoms with Crippen molar-refractivity contribution in [2.45, 2.75) is 58.0 Å². The highest BCUT2D eigenvalue weighted by atomic mass is 19.2. The maximum absolute atomic E-state index is 14.9. The predicted molar refractivity (Wildman–Crippen MR) is 141 cm³/mol. The SMILES string of the molecule is CC(C)(C)N1CCCC(Nc2nccc(-c3cccnc3Oc3ccc(NC(=O)C4CC4)c(F)c3F)n2)C1. The van der Waals surface area contributed by atoms with E-state index in [2.05, 4.69) is 51.3 Å². The summed E-state index contributed by atoms with van der Waals surface area (Å²) >= 11 is 0. The summed E-state index contributed by atoms with van der Waals surface area (Å²) in [6, 6.07) is 7.94. The molecular weight excluding hydrogens is 490 g/mol. The van der Waals surface area contributed by atoms with Gasteiger partial charge in [-0.05, 0) is 83.3 Å². The summed E-state index contributed by atoms with van der Waals surface area (Å²) in [6.45, 7) is 8.58. The molecule has 2 aliphatic rings. The standard InChI is InChI=1S/C28H32F2N6O2/c1-28(2,3)36-15-5-6-18(16-36)33-27-32-14-12-20(35-27)19-7-4-13-31-26(19)38-22-11-10-21(23(29)24(22)30)34-25(37)17-8-9-17/h4,7,10-14,17-18H,5-6,8-9,15-16H2,1-3H3,(H,34,37)(H,32,33,35). The van der Waals surface area contributed by atoms with Crippen molar-refractivity contribution in [1.82, 2.24) is 19.9 Å². The number of nitrogens with zero attached hydrogens (tertiary/aromatic N) is 4. The zero-order valence-corrected chi connectivity index (χ0v) is 21.8. The van der Waals surface area contributed by atoms with Crippen LogP contribution >= 0.6 is 0 Å². The van der Waals surface area contributed by atoms with E-state index in [0.717, 1.165) is 38.8 Å². The van der Waals surface area contributed by atoms with Crippen LogP contribution in [-0.4, -0.2) is 50.4 Å². The summed E-state index contributed by atoms with van der Waals surface area (Å²) in [5.41, 5.74) is 0.903. The van der Waals surface area contributed by atoms with Crippen molar-refractivity contribution in [3.8, 4) is 22.9 Å². The van der Waals surface area contributed by atoms with Crippen LogP contribution in [0.2, 0.25) is 0 Å². The van der Waals surface area contributed by atoms with Gasteiger partial charge in [-0.1, -0.05) is 0 Å². The molecule has 0 bridgehead atoms. The summed E-state index contributed by atoms with van der Waals surface area (Å²) in [6.07, 6.45) is 6.76. The van der Waals surface area contributed by atoms with Gasteiger partial charge in [0.25, 0.3) is 0 Å². The number of carbonyl (C=O) groups is 1. The highest BCUT2D eigenvalue weighted by Crippen LogP contribution is 2.35. The molecule has 2 N–H and O–H groups in total. The van der Waals surface area contributed by atoms with E-state index in [1.54, 1.807) is 24.4 Å². The fraction of sp³-hybridized carbons (Fsp3) is 0.429. The van der Waals surface area contributed by atoms with Crippen LogP contribution in [0.15, 0.2) is 42.7 Å². The minimum absolute atomic E-state index is 0.0711. The molecule has 38 heavy (non-hydrogen) atoms. The van der Waals surface area contributed by atoms with E-state index in [1.165, 1.54) is 18.3 Å². The Bertz CT molecular complexity index is 1320. The van der Waals surface area contributed by atoms with Crippen LogP contribution in [0.25, 0.3) is 11.3 Å². The number of rotatable bonds is 7. The molecule has 5 rings (SSSR count). The lowest BCUT2D eigenvalue weighted by Crippen LogP contribution is -2.50. The minimum Gasteiger partial charge on any atom is -0.435 e. The molecule has 2 fully saturated rings. The molecule has 3 heterocycles. The third kappa shape index (κ3) is 5.91. The van der Waals surface area contributed by atoms with E-state index in [1.807, 2.05) is 0 Å². The van der Waals surface area contributed by atoms with E-state index in [-0.39, 0.29) is 40.7 Å². The molecule has 8 nitrogen and oxygen atoms in total. The van der Waals surface area contributed by atoms with Crippen LogP contribution in [0.5, 0.6) is 11.6 Å². The molecule has 1 aromatic carbocycles. The van der Waals surface area contributed by atoms with E-state index < -0.39 is 11.6 Å². The minimum atomic E-state index is -1.21. The topological polar surface area (TPSA) is 92.3 Å². The van der Waals surface area contributed by atoms with Crippen LogP contribution in [-0.2, 0) is 4.79 Å². The number of hydrogen-bond donors (Lipinski definition) is 2. The molecule has 1 aliphatic carbocycles. The number of amides is 1. The van der Waals surface area contributed by atoms with Gasteiger partial charge in [-0.2, -0.15) is 4.39 Å². The number of carbonyl (C=O) groups excluding carboxylic acids is 1. The average Bonchev–Trinajstić information content (AvgIpc) is 3.74. The largest absolute Gasteiger partial charge is 0.435 e. The zero-order valence-electron chi connectivity index (χ0n) is 21.8. The number of ether oxygens (including phenoxy) is 1.